The van der Waals surface area contributed by atoms with Crippen LogP contribution in [0.15, 0.2) is 0 Å². The zero-order valence-electron chi connectivity index (χ0n) is 7.38. The highest BCUT2D eigenvalue weighted by Crippen LogP contribution is 1.93. The van der Waals surface area contributed by atoms with E-state index in [0.717, 1.165) is 6.54 Å². The zero-order valence-corrected chi connectivity index (χ0v) is 7.38. The molecule has 0 aliphatic heterocycles. The van der Waals surface area contributed by atoms with Gasteiger partial charge in [-0.25, -0.2) is 0 Å². The van der Waals surface area contributed by atoms with Crippen molar-refractivity contribution in [2.75, 3.05) is 19.8 Å². The molecule has 1 unspecified atom stereocenters. The summed E-state index contributed by atoms with van der Waals surface area (Å²) in [6.07, 6.45) is 0.628. The van der Waals surface area contributed by atoms with Crippen molar-refractivity contribution in [3.8, 4) is 0 Å². The predicted octanol–water partition coefficient (Wildman–Crippen LogP) is -0.0247. The Hall–Kier alpha value is -0.120. The molecule has 0 radical (unpaired) electrons. The largest absolute Gasteiger partial charge is 0.396 e. The Labute approximate surface area is 68.4 Å². The van der Waals surface area contributed by atoms with Crippen LogP contribution in [-0.2, 0) is 0 Å². The molecule has 0 heterocycles. The Balaban J connectivity index is 3.35. The van der Waals surface area contributed by atoms with Crippen LogP contribution in [0.5, 0.6) is 0 Å². The molecule has 3 heteroatoms. The lowest BCUT2D eigenvalue weighted by Crippen LogP contribution is -2.35. The first-order valence-electron chi connectivity index (χ1n) is 4.15. The molecule has 0 amide bonds. The van der Waals surface area contributed by atoms with Gasteiger partial charge in [0.05, 0.1) is 6.61 Å². The van der Waals surface area contributed by atoms with Crippen LogP contribution in [0.2, 0.25) is 0 Å². The molecule has 0 saturated heterocycles. The number of rotatable bonds is 6. The minimum absolute atomic E-state index is 0.0578. The second-order valence-corrected chi connectivity index (χ2v) is 3.19. The molecule has 68 valence electrons. The summed E-state index contributed by atoms with van der Waals surface area (Å²) in [6.45, 7) is 5.36. The fraction of sp³-hybridized carbons (Fsp3) is 1.00. The molecule has 0 aliphatic carbocycles. The van der Waals surface area contributed by atoms with Gasteiger partial charge in [0.15, 0.2) is 0 Å². The molecule has 0 bridgehead atoms. The van der Waals surface area contributed by atoms with E-state index in [-0.39, 0.29) is 19.3 Å². The van der Waals surface area contributed by atoms with E-state index >= 15 is 0 Å². The van der Waals surface area contributed by atoms with Crippen LogP contribution in [0.1, 0.15) is 20.3 Å². The van der Waals surface area contributed by atoms with Crippen molar-refractivity contribution >= 4 is 0 Å². The van der Waals surface area contributed by atoms with Crippen LogP contribution in [-0.4, -0.2) is 36.0 Å². The molecule has 0 rings (SSSR count). The van der Waals surface area contributed by atoms with E-state index in [1.807, 2.05) is 0 Å². The van der Waals surface area contributed by atoms with Gasteiger partial charge in [-0.05, 0) is 18.9 Å². The predicted molar refractivity (Wildman–Crippen MR) is 45.4 cm³/mol. The van der Waals surface area contributed by atoms with Gasteiger partial charge in [-0.15, -0.1) is 0 Å². The lowest BCUT2D eigenvalue weighted by atomic mass is 10.2. The maximum Gasteiger partial charge on any atom is 0.0585 e. The van der Waals surface area contributed by atoms with Gasteiger partial charge in [-0.3, -0.25) is 0 Å². The lowest BCUT2D eigenvalue weighted by molar-refractivity contribution is 0.198. The highest BCUT2D eigenvalue weighted by molar-refractivity contribution is 4.65. The van der Waals surface area contributed by atoms with Crippen molar-refractivity contribution in [2.24, 2.45) is 5.92 Å². The molecule has 3 N–H and O–H groups in total. The number of aliphatic hydroxyl groups is 2. The summed E-state index contributed by atoms with van der Waals surface area (Å²) in [7, 11) is 0. The first-order chi connectivity index (χ1) is 5.20. The monoisotopic (exact) mass is 161 g/mol. The van der Waals surface area contributed by atoms with Crippen LogP contribution < -0.4 is 5.32 Å². The molecule has 0 aromatic heterocycles. The highest BCUT2D eigenvalue weighted by atomic mass is 16.3. The third-order valence-corrected chi connectivity index (χ3v) is 1.51. The van der Waals surface area contributed by atoms with Crippen molar-refractivity contribution in [1.29, 1.82) is 0 Å². The van der Waals surface area contributed by atoms with E-state index in [9.17, 15) is 0 Å². The molecular formula is C8H19NO2. The summed E-state index contributed by atoms with van der Waals surface area (Å²) in [5.74, 6) is 0.586. The fourth-order valence-corrected chi connectivity index (χ4v) is 0.816. The van der Waals surface area contributed by atoms with E-state index in [2.05, 4.69) is 19.2 Å². The van der Waals surface area contributed by atoms with Crippen molar-refractivity contribution in [3.05, 3.63) is 0 Å². The summed E-state index contributed by atoms with van der Waals surface area (Å²) in [5, 5.41) is 20.5. The third-order valence-electron chi connectivity index (χ3n) is 1.51. The third kappa shape index (κ3) is 6.28. The van der Waals surface area contributed by atoms with Crippen molar-refractivity contribution in [3.63, 3.8) is 0 Å². The fourth-order valence-electron chi connectivity index (χ4n) is 0.816. The van der Waals surface area contributed by atoms with Crippen LogP contribution >= 0.6 is 0 Å². The molecule has 3 nitrogen and oxygen atoms in total. The van der Waals surface area contributed by atoms with Gasteiger partial charge < -0.3 is 15.5 Å². The first-order valence-corrected chi connectivity index (χ1v) is 4.15. The Morgan fingerprint density at radius 1 is 1.27 bits per heavy atom. The molecule has 0 aliphatic rings. The smallest absolute Gasteiger partial charge is 0.0585 e. The highest BCUT2D eigenvalue weighted by Gasteiger charge is 2.05. The van der Waals surface area contributed by atoms with Crippen LogP contribution in [0, 0.1) is 5.92 Å². The molecule has 0 saturated carbocycles. The quantitative estimate of drug-likeness (QED) is 0.513. The van der Waals surface area contributed by atoms with Gasteiger partial charge in [0.1, 0.15) is 0 Å². The standard InChI is InChI=1S/C8H19NO2/c1-7(2)5-9-8(6-11)3-4-10/h7-11H,3-6H2,1-2H3. The Bertz CT molecular complexity index is 86.2. The lowest BCUT2D eigenvalue weighted by Gasteiger charge is -2.16. The molecule has 0 aromatic carbocycles. The average molecular weight is 161 g/mol. The number of nitrogens with one attached hydrogen (secondary N) is 1. The second kappa shape index (κ2) is 6.58. The number of hydrogen-bond donors (Lipinski definition) is 3. The van der Waals surface area contributed by atoms with Crippen molar-refractivity contribution in [1.82, 2.24) is 5.32 Å². The normalized spacial score (nSPS) is 13.9. The van der Waals surface area contributed by atoms with Crippen LogP contribution in [0.25, 0.3) is 0 Å². The maximum atomic E-state index is 8.80. The Morgan fingerprint density at radius 2 is 1.91 bits per heavy atom. The summed E-state index contributed by atoms with van der Waals surface area (Å²) < 4.78 is 0. The Kier molecular flexibility index (Phi) is 6.51. The van der Waals surface area contributed by atoms with Crippen LogP contribution in [0.4, 0.5) is 0 Å². The van der Waals surface area contributed by atoms with E-state index in [1.165, 1.54) is 0 Å². The van der Waals surface area contributed by atoms with Gasteiger partial charge in [0.25, 0.3) is 0 Å². The van der Waals surface area contributed by atoms with E-state index in [0.29, 0.717) is 12.3 Å². The maximum absolute atomic E-state index is 8.80. The minimum Gasteiger partial charge on any atom is -0.396 e. The summed E-state index contributed by atoms with van der Waals surface area (Å²) in [6, 6.07) is 0.0578. The molecule has 0 aromatic rings. The van der Waals surface area contributed by atoms with E-state index < -0.39 is 0 Å². The molecular weight excluding hydrogens is 142 g/mol. The van der Waals surface area contributed by atoms with Gasteiger partial charge in [0, 0.05) is 12.6 Å². The van der Waals surface area contributed by atoms with Gasteiger partial charge in [-0.1, -0.05) is 13.8 Å². The van der Waals surface area contributed by atoms with E-state index in [4.69, 9.17) is 10.2 Å². The summed E-state index contributed by atoms with van der Waals surface area (Å²) in [5.41, 5.74) is 0. The van der Waals surface area contributed by atoms with Crippen molar-refractivity contribution in [2.45, 2.75) is 26.3 Å². The second-order valence-electron chi connectivity index (χ2n) is 3.19. The van der Waals surface area contributed by atoms with Gasteiger partial charge in [-0.2, -0.15) is 0 Å². The first kappa shape index (κ1) is 10.9. The van der Waals surface area contributed by atoms with Gasteiger partial charge >= 0.3 is 0 Å². The summed E-state index contributed by atoms with van der Waals surface area (Å²) >= 11 is 0. The zero-order chi connectivity index (χ0) is 8.69. The number of hydrogen-bond acceptors (Lipinski definition) is 3. The van der Waals surface area contributed by atoms with Crippen LogP contribution in [0.3, 0.4) is 0 Å². The molecule has 0 fully saturated rings. The van der Waals surface area contributed by atoms with E-state index in [1.54, 1.807) is 0 Å². The van der Waals surface area contributed by atoms with Gasteiger partial charge in [0.2, 0.25) is 0 Å². The number of aliphatic hydroxyl groups excluding tert-OH is 2. The molecule has 0 spiro atoms. The summed E-state index contributed by atoms with van der Waals surface area (Å²) in [4.78, 5) is 0. The average Bonchev–Trinajstić information content (AvgIpc) is 1.97. The minimum atomic E-state index is 0.0578. The Morgan fingerprint density at radius 3 is 2.27 bits per heavy atom. The van der Waals surface area contributed by atoms with Crippen molar-refractivity contribution < 1.29 is 10.2 Å². The molecule has 11 heavy (non-hydrogen) atoms. The topological polar surface area (TPSA) is 52.5 Å². The SMILES string of the molecule is CC(C)CNC(CO)CCO. The molecule has 1 atom stereocenters.